The monoisotopic (exact) mass is 305 g/mol. The summed E-state index contributed by atoms with van der Waals surface area (Å²) in [6.07, 6.45) is 5.14. The third kappa shape index (κ3) is 1.92. The first-order valence-corrected chi connectivity index (χ1v) is 6.76. The second-order valence-electron chi connectivity index (χ2n) is 4.41. The quantitative estimate of drug-likeness (QED) is 0.811. The predicted octanol–water partition coefficient (Wildman–Crippen LogP) is 3.37. The Kier molecular flexibility index (Phi) is 3.06. The van der Waals surface area contributed by atoms with E-state index in [2.05, 4.69) is 27.0 Å². The van der Waals surface area contributed by atoms with E-state index in [1.165, 1.54) is 6.42 Å². The molecule has 92 valence electrons. The van der Waals surface area contributed by atoms with Gasteiger partial charge in [0.2, 0.25) is 0 Å². The summed E-state index contributed by atoms with van der Waals surface area (Å²) in [6.45, 7) is 0.795. The van der Waals surface area contributed by atoms with Crippen molar-refractivity contribution >= 4 is 27.0 Å². The van der Waals surface area contributed by atoms with Gasteiger partial charge in [-0.2, -0.15) is 5.26 Å². The molecular formula is C13H12BrN3O. The standard InChI is InChI=1S/C13H12BrN3O/c14-10-5-9(7-15)6-11-13(10)16-8-17(11)12-3-1-2-4-18-12/h5-6,8,12H,1-4H2. The van der Waals surface area contributed by atoms with Crippen LogP contribution in [0.1, 0.15) is 31.1 Å². The molecule has 0 spiro atoms. The van der Waals surface area contributed by atoms with E-state index in [0.717, 1.165) is 35.0 Å². The van der Waals surface area contributed by atoms with Gasteiger partial charge in [0.05, 0.1) is 23.5 Å². The van der Waals surface area contributed by atoms with E-state index >= 15 is 0 Å². The Bertz CT molecular complexity index is 623. The summed E-state index contributed by atoms with van der Waals surface area (Å²) in [4.78, 5) is 4.40. The van der Waals surface area contributed by atoms with Gasteiger partial charge in [0, 0.05) is 11.1 Å². The minimum Gasteiger partial charge on any atom is -0.358 e. The summed E-state index contributed by atoms with van der Waals surface area (Å²) in [5.74, 6) is 0. The minimum absolute atomic E-state index is 0.0459. The van der Waals surface area contributed by atoms with E-state index in [9.17, 15) is 0 Å². The van der Waals surface area contributed by atoms with Crippen LogP contribution < -0.4 is 0 Å². The highest BCUT2D eigenvalue weighted by Gasteiger charge is 2.19. The smallest absolute Gasteiger partial charge is 0.135 e. The molecule has 0 bridgehead atoms. The van der Waals surface area contributed by atoms with Gasteiger partial charge in [0.25, 0.3) is 0 Å². The van der Waals surface area contributed by atoms with Gasteiger partial charge in [-0.1, -0.05) is 0 Å². The number of halogens is 1. The molecule has 1 saturated heterocycles. The van der Waals surface area contributed by atoms with E-state index in [1.807, 2.05) is 10.6 Å². The maximum absolute atomic E-state index is 9.03. The third-order valence-electron chi connectivity index (χ3n) is 3.23. The first-order valence-electron chi connectivity index (χ1n) is 5.97. The Labute approximate surface area is 113 Å². The molecule has 0 amide bonds. The molecule has 1 unspecified atom stereocenters. The Hall–Kier alpha value is -1.38. The molecule has 3 rings (SSSR count). The van der Waals surface area contributed by atoms with Crippen molar-refractivity contribution in [3.05, 3.63) is 28.5 Å². The van der Waals surface area contributed by atoms with E-state index < -0.39 is 0 Å². The minimum atomic E-state index is 0.0459. The molecule has 2 heterocycles. The van der Waals surface area contributed by atoms with E-state index in [0.29, 0.717) is 5.56 Å². The molecule has 1 aliphatic rings. The lowest BCUT2D eigenvalue weighted by atomic mass is 10.1. The fourth-order valence-electron chi connectivity index (χ4n) is 2.33. The molecule has 0 radical (unpaired) electrons. The largest absolute Gasteiger partial charge is 0.358 e. The maximum Gasteiger partial charge on any atom is 0.135 e. The van der Waals surface area contributed by atoms with Crippen molar-refractivity contribution in [2.75, 3.05) is 6.61 Å². The molecule has 0 aliphatic carbocycles. The number of aromatic nitrogens is 2. The summed E-state index contributed by atoms with van der Waals surface area (Å²) in [6, 6.07) is 5.83. The van der Waals surface area contributed by atoms with Crippen LogP contribution in [-0.2, 0) is 4.74 Å². The van der Waals surface area contributed by atoms with Crippen LogP contribution in [0.25, 0.3) is 11.0 Å². The molecule has 2 aromatic rings. The van der Waals surface area contributed by atoms with Gasteiger partial charge in [-0.05, 0) is 47.3 Å². The van der Waals surface area contributed by atoms with Crippen LogP contribution in [0.5, 0.6) is 0 Å². The van der Waals surface area contributed by atoms with Crippen molar-refractivity contribution < 1.29 is 4.74 Å². The van der Waals surface area contributed by atoms with Crippen molar-refractivity contribution in [2.45, 2.75) is 25.5 Å². The number of hydrogen-bond donors (Lipinski definition) is 0. The molecule has 0 N–H and O–H groups in total. The van der Waals surface area contributed by atoms with E-state index in [4.69, 9.17) is 10.00 Å². The highest BCUT2D eigenvalue weighted by Crippen LogP contribution is 2.30. The summed E-state index contributed by atoms with van der Waals surface area (Å²) in [5, 5.41) is 9.03. The van der Waals surface area contributed by atoms with Crippen LogP contribution in [0, 0.1) is 11.3 Å². The van der Waals surface area contributed by atoms with Crippen molar-refractivity contribution in [1.82, 2.24) is 9.55 Å². The first-order chi connectivity index (χ1) is 8.79. The Morgan fingerprint density at radius 2 is 2.33 bits per heavy atom. The maximum atomic E-state index is 9.03. The number of nitrogens with zero attached hydrogens (tertiary/aromatic N) is 3. The van der Waals surface area contributed by atoms with Crippen LogP contribution in [-0.4, -0.2) is 16.2 Å². The van der Waals surface area contributed by atoms with Crippen LogP contribution in [0.3, 0.4) is 0 Å². The molecular weight excluding hydrogens is 294 g/mol. The van der Waals surface area contributed by atoms with E-state index in [1.54, 1.807) is 12.4 Å². The van der Waals surface area contributed by atoms with Crippen molar-refractivity contribution in [1.29, 1.82) is 5.26 Å². The number of imidazole rings is 1. The fourth-order valence-corrected chi connectivity index (χ4v) is 2.88. The molecule has 1 atom stereocenters. The molecule has 5 heteroatoms. The zero-order valence-electron chi connectivity index (χ0n) is 9.77. The van der Waals surface area contributed by atoms with Crippen molar-refractivity contribution in [3.8, 4) is 6.07 Å². The highest BCUT2D eigenvalue weighted by molar-refractivity contribution is 9.10. The van der Waals surface area contributed by atoms with Crippen LogP contribution in [0.4, 0.5) is 0 Å². The summed E-state index contributed by atoms with van der Waals surface area (Å²) < 4.78 is 8.65. The van der Waals surface area contributed by atoms with Gasteiger partial charge < -0.3 is 9.30 Å². The number of fused-ring (bicyclic) bond motifs is 1. The van der Waals surface area contributed by atoms with Gasteiger partial charge in [0.1, 0.15) is 11.7 Å². The Morgan fingerprint density at radius 1 is 1.44 bits per heavy atom. The normalized spacial score (nSPS) is 19.9. The zero-order chi connectivity index (χ0) is 12.5. The molecule has 1 aromatic carbocycles. The number of nitriles is 1. The average Bonchev–Trinajstić information content (AvgIpc) is 2.84. The molecule has 0 saturated carbocycles. The van der Waals surface area contributed by atoms with Gasteiger partial charge in [-0.15, -0.1) is 0 Å². The predicted molar refractivity (Wildman–Crippen MR) is 71.0 cm³/mol. The van der Waals surface area contributed by atoms with Crippen LogP contribution in [0.15, 0.2) is 22.9 Å². The summed E-state index contributed by atoms with van der Waals surface area (Å²) in [5.41, 5.74) is 2.46. The van der Waals surface area contributed by atoms with Crippen LogP contribution >= 0.6 is 15.9 Å². The number of hydrogen-bond acceptors (Lipinski definition) is 3. The van der Waals surface area contributed by atoms with Gasteiger partial charge in [0.15, 0.2) is 0 Å². The van der Waals surface area contributed by atoms with Crippen LogP contribution in [0.2, 0.25) is 0 Å². The van der Waals surface area contributed by atoms with Gasteiger partial charge in [-0.25, -0.2) is 4.98 Å². The second-order valence-corrected chi connectivity index (χ2v) is 5.27. The number of ether oxygens (including phenoxy) is 1. The Balaban J connectivity index is 2.12. The molecule has 1 aromatic heterocycles. The average molecular weight is 306 g/mol. The molecule has 1 fully saturated rings. The lowest BCUT2D eigenvalue weighted by molar-refractivity contribution is -0.0295. The number of rotatable bonds is 1. The van der Waals surface area contributed by atoms with Gasteiger partial charge >= 0.3 is 0 Å². The SMILES string of the molecule is N#Cc1cc(Br)c2ncn(C3CCCCO3)c2c1. The summed E-state index contributed by atoms with van der Waals surface area (Å²) >= 11 is 3.46. The zero-order valence-corrected chi connectivity index (χ0v) is 11.4. The lowest BCUT2D eigenvalue weighted by Gasteiger charge is -2.24. The second kappa shape index (κ2) is 4.71. The number of benzene rings is 1. The Morgan fingerprint density at radius 3 is 3.06 bits per heavy atom. The van der Waals surface area contributed by atoms with Crippen molar-refractivity contribution in [3.63, 3.8) is 0 Å². The lowest BCUT2D eigenvalue weighted by Crippen LogP contribution is -2.17. The van der Waals surface area contributed by atoms with E-state index in [-0.39, 0.29) is 6.23 Å². The molecule has 4 nitrogen and oxygen atoms in total. The van der Waals surface area contributed by atoms with Crippen molar-refractivity contribution in [2.24, 2.45) is 0 Å². The first kappa shape index (κ1) is 11.7. The third-order valence-corrected chi connectivity index (χ3v) is 3.83. The highest BCUT2D eigenvalue weighted by atomic mass is 79.9. The molecule has 1 aliphatic heterocycles. The van der Waals surface area contributed by atoms with Gasteiger partial charge in [-0.3, -0.25) is 0 Å². The summed E-state index contributed by atoms with van der Waals surface area (Å²) in [7, 11) is 0. The molecule has 18 heavy (non-hydrogen) atoms. The fraction of sp³-hybridized carbons (Fsp3) is 0.385. The topological polar surface area (TPSA) is 50.8 Å².